The highest BCUT2D eigenvalue weighted by atomic mass is 19.1. The van der Waals surface area contributed by atoms with Crippen molar-refractivity contribution in [3.63, 3.8) is 0 Å². The largest absolute Gasteiger partial charge is 0.391 e. The number of aliphatic hydroxyl groups is 1. The molecule has 2 amide bonds. The van der Waals surface area contributed by atoms with Gasteiger partial charge in [0.15, 0.2) is 0 Å². The molecule has 2 N–H and O–H groups in total. The summed E-state index contributed by atoms with van der Waals surface area (Å²) in [6.07, 6.45) is 1.10. The van der Waals surface area contributed by atoms with Gasteiger partial charge in [0.2, 0.25) is 0 Å². The van der Waals surface area contributed by atoms with Crippen LogP contribution >= 0.6 is 0 Å². The van der Waals surface area contributed by atoms with E-state index in [1.807, 2.05) is 0 Å². The Bertz CT molecular complexity index is 394. The highest BCUT2D eigenvalue weighted by molar-refractivity contribution is 5.89. The summed E-state index contributed by atoms with van der Waals surface area (Å²) >= 11 is 0. The third-order valence-electron chi connectivity index (χ3n) is 2.78. The first-order valence-corrected chi connectivity index (χ1v) is 5.65. The number of likely N-dealkylation sites (tertiary alicyclic amines) is 1. The van der Waals surface area contributed by atoms with Crippen LogP contribution in [0.2, 0.25) is 0 Å². The summed E-state index contributed by atoms with van der Waals surface area (Å²) in [5.41, 5.74) is 0.552. The first kappa shape index (κ1) is 11.9. The number of nitrogens with one attached hydrogen (secondary N) is 1. The number of β-amino-alcohol motifs (C(OH)–C–C–N with tert-alkyl or cyclic N) is 1. The van der Waals surface area contributed by atoms with E-state index < -0.39 is 6.10 Å². The second-order valence-corrected chi connectivity index (χ2v) is 4.18. The Hall–Kier alpha value is -1.62. The predicted octanol–water partition coefficient (Wildman–Crippen LogP) is 1.81. The van der Waals surface area contributed by atoms with Crippen molar-refractivity contribution < 1.29 is 14.3 Å². The Labute approximate surface area is 99.0 Å². The Kier molecular flexibility index (Phi) is 3.58. The second-order valence-electron chi connectivity index (χ2n) is 4.18. The van der Waals surface area contributed by atoms with E-state index in [4.69, 9.17) is 0 Å². The number of hydrogen-bond donors (Lipinski definition) is 2. The Morgan fingerprint density at radius 3 is 2.76 bits per heavy atom. The lowest BCUT2D eigenvalue weighted by Gasteiger charge is -2.30. The monoisotopic (exact) mass is 238 g/mol. The second kappa shape index (κ2) is 5.14. The van der Waals surface area contributed by atoms with Gasteiger partial charge in [-0.2, -0.15) is 0 Å². The molecule has 0 unspecified atom stereocenters. The quantitative estimate of drug-likeness (QED) is 0.784. The molecule has 0 spiro atoms. The van der Waals surface area contributed by atoms with E-state index in [9.17, 15) is 14.3 Å². The van der Waals surface area contributed by atoms with Crippen molar-refractivity contribution in [2.24, 2.45) is 0 Å². The van der Waals surface area contributed by atoms with Crippen LogP contribution in [0.1, 0.15) is 12.8 Å². The molecule has 0 bridgehead atoms. The van der Waals surface area contributed by atoms with Crippen molar-refractivity contribution in [1.82, 2.24) is 4.90 Å². The van der Waals surface area contributed by atoms with Gasteiger partial charge in [-0.25, -0.2) is 9.18 Å². The zero-order valence-corrected chi connectivity index (χ0v) is 9.40. The van der Waals surface area contributed by atoms with Crippen molar-refractivity contribution in [3.8, 4) is 0 Å². The van der Waals surface area contributed by atoms with E-state index in [1.54, 1.807) is 4.90 Å². The first-order chi connectivity index (χ1) is 8.15. The molecule has 1 heterocycles. The lowest BCUT2D eigenvalue weighted by molar-refractivity contribution is 0.0883. The fourth-order valence-electron chi connectivity index (χ4n) is 1.87. The summed E-state index contributed by atoms with van der Waals surface area (Å²) in [5.74, 6) is -0.337. The Morgan fingerprint density at radius 1 is 1.41 bits per heavy atom. The summed E-state index contributed by atoms with van der Waals surface area (Å²) in [5, 5.41) is 12.1. The van der Waals surface area contributed by atoms with Gasteiger partial charge in [-0.05, 0) is 37.1 Å². The molecule has 1 atom stereocenters. The molecule has 0 saturated carbocycles. The number of aliphatic hydroxyl groups excluding tert-OH is 1. The minimum Gasteiger partial charge on any atom is -0.391 e. The maximum Gasteiger partial charge on any atom is 0.321 e. The molecule has 0 aliphatic carbocycles. The number of piperidine rings is 1. The molecular formula is C12H15FN2O2. The van der Waals surface area contributed by atoms with E-state index in [-0.39, 0.29) is 11.8 Å². The number of hydrogen-bond acceptors (Lipinski definition) is 2. The number of carbonyl (C=O) groups excluding carboxylic acids is 1. The molecule has 1 aromatic carbocycles. The average molecular weight is 238 g/mol. The molecule has 1 aliphatic rings. The summed E-state index contributed by atoms with van der Waals surface area (Å²) in [6, 6.07) is 5.35. The SMILES string of the molecule is O=C(Nc1ccc(F)cc1)N1CCC[C@H](O)C1. The summed E-state index contributed by atoms with van der Waals surface area (Å²) in [6.45, 7) is 0.997. The van der Waals surface area contributed by atoms with E-state index >= 15 is 0 Å². The summed E-state index contributed by atoms with van der Waals surface area (Å²) in [4.78, 5) is 13.4. The number of halogens is 1. The smallest absolute Gasteiger partial charge is 0.321 e. The van der Waals surface area contributed by atoms with Crippen LogP contribution in [-0.2, 0) is 0 Å². The average Bonchev–Trinajstić information content (AvgIpc) is 2.32. The van der Waals surface area contributed by atoms with E-state index in [1.165, 1.54) is 24.3 Å². The van der Waals surface area contributed by atoms with Crippen LogP contribution in [0.5, 0.6) is 0 Å². The van der Waals surface area contributed by atoms with Crippen molar-refractivity contribution in [2.75, 3.05) is 18.4 Å². The predicted molar refractivity (Wildman–Crippen MR) is 62.2 cm³/mol. The standard InChI is InChI=1S/C12H15FN2O2/c13-9-3-5-10(6-4-9)14-12(17)15-7-1-2-11(16)8-15/h3-6,11,16H,1-2,7-8H2,(H,14,17)/t11-/m0/s1. The molecular weight excluding hydrogens is 223 g/mol. The third kappa shape index (κ3) is 3.17. The number of carbonyl (C=O) groups is 1. The van der Waals surface area contributed by atoms with Crippen LogP contribution in [0.25, 0.3) is 0 Å². The molecule has 1 fully saturated rings. The normalized spacial score (nSPS) is 20.1. The van der Waals surface area contributed by atoms with E-state index in [0.29, 0.717) is 18.8 Å². The van der Waals surface area contributed by atoms with Crippen LogP contribution < -0.4 is 5.32 Å². The molecule has 5 heteroatoms. The molecule has 1 aliphatic heterocycles. The Balaban J connectivity index is 1.94. The zero-order chi connectivity index (χ0) is 12.3. The van der Waals surface area contributed by atoms with Crippen LogP contribution in [0.4, 0.5) is 14.9 Å². The van der Waals surface area contributed by atoms with Crippen molar-refractivity contribution in [3.05, 3.63) is 30.1 Å². The lowest BCUT2D eigenvalue weighted by Crippen LogP contribution is -2.44. The van der Waals surface area contributed by atoms with Crippen LogP contribution in [0.15, 0.2) is 24.3 Å². The molecule has 1 saturated heterocycles. The molecule has 4 nitrogen and oxygen atoms in total. The molecule has 17 heavy (non-hydrogen) atoms. The fourth-order valence-corrected chi connectivity index (χ4v) is 1.87. The van der Waals surface area contributed by atoms with Gasteiger partial charge < -0.3 is 15.3 Å². The maximum atomic E-state index is 12.7. The number of benzene rings is 1. The molecule has 0 aromatic heterocycles. The minimum atomic E-state index is -0.442. The number of nitrogens with zero attached hydrogens (tertiary/aromatic N) is 1. The molecule has 2 rings (SSSR count). The molecule has 1 aromatic rings. The van der Waals surface area contributed by atoms with Gasteiger partial charge in [-0.15, -0.1) is 0 Å². The van der Waals surface area contributed by atoms with Crippen LogP contribution in [0, 0.1) is 5.82 Å². The van der Waals surface area contributed by atoms with Gasteiger partial charge in [0, 0.05) is 18.8 Å². The summed E-state index contributed by atoms with van der Waals surface area (Å²) in [7, 11) is 0. The number of amides is 2. The van der Waals surface area contributed by atoms with Crippen molar-refractivity contribution in [1.29, 1.82) is 0 Å². The van der Waals surface area contributed by atoms with Gasteiger partial charge in [0.05, 0.1) is 6.10 Å². The zero-order valence-electron chi connectivity index (χ0n) is 9.40. The van der Waals surface area contributed by atoms with Gasteiger partial charge in [-0.3, -0.25) is 0 Å². The highest BCUT2D eigenvalue weighted by Gasteiger charge is 2.21. The molecule has 92 valence electrons. The number of urea groups is 1. The fraction of sp³-hybridized carbons (Fsp3) is 0.417. The van der Waals surface area contributed by atoms with Gasteiger partial charge in [-0.1, -0.05) is 0 Å². The van der Waals surface area contributed by atoms with Gasteiger partial charge in [0.1, 0.15) is 5.82 Å². The van der Waals surface area contributed by atoms with Crippen molar-refractivity contribution >= 4 is 11.7 Å². The third-order valence-corrected chi connectivity index (χ3v) is 2.78. The van der Waals surface area contributed by atoms with E-state index in [0.717, 1.165) is 12.8 Å². The van der Waals surface area contributed by atoms with Gasteiger partial charge >= 0.3 is 6.03 Å². The van der Waals surface area contributed by atoms with E-state index in [2.05, 4.69) is 5.32 Å². The lowest BCUT2D eigenvalue weighted by atomic mass is 10.1. The van der Waals surface area contributed by atoms with Crippen LogP contribution in [0.3, 0.4) is 0 Å². The van der Waals surface area contributed by atoms with Gasteiger partial charge in [0.25, 0.3) is 0 Å². The molecule has 0 radical (unpaired) electrons. The maximum absolute atomic E-state index is 12.7. The van der Waals surface area contributed by atoms with Crippen molar-refractivity contribution in [2.45, 2.75) is 18.9 Å². The van der Waals surface area contributed by atoms with Crippen LogP contribution in [-0.4, -0.2) is 35.2 Å². The summed E-state index contributed by atoms with van der Waals surface area (Å²) < 4.78 is 12.7. The number of anilines is 1. The highest BCUT2D eigenvalue weighted by Crippen LogP contribution is 2.13. The number of rotatable bonds is 1. The topological polar surface area (TPSA) is 52.6 Å². The minimum absolute atomic E-state index is 0.254. The first-order valence-electron chi connectivity index (χ1n) is 5.65. The Morgan fingerprint density at radius 2 is 2.12 bits per heavy atom.